The molecule has 0 amide bonds. The number of anilines is 1. The minimum atomic E-state index is -3.83. The molecule has 0 radical (unpaired) electrons. The zero-order valence-corrected chi connectivity index (χ0v) is 11.6. The summed E-state index contributed by atoms with van der Waals surface area (Å²) >= 11 is 0. The molecule has 7 heteroatoms. The minimum Gasteiger partial charge on any atom is -0.399 e. The van der Waals surface area contributed by atoms with Crippen LogP contribution in [0.1, 0.15) is 11.3 Å². The summed E-state index contributed by atoms with van der Waals surface area (Å²) in [4.78, 5) is 3.88. The zero-order chi connectivity index (χ0) is 14.8. The number of hydrogen-bond acceptors (Lipinski definition) is 4. The number of halogens is 1. The first-order valence-corrected chi connectivity index (χ1v) is 7.33. The van der Waals surface area contributed by atoms with E-state index in [2.05, 4.69) is 9.71 Å². The fourth-order valence-corrected chi connectivity index (χ4v) is 2.74. The van der Waals surface area contributed by atoms with E-state index in [0.29, 0.717) is 5.69 Å². The summed E-state index contributed by atoms with van der Waals surface area (Å²) in [5.41, 5.74) is 6.98. The van der Waals surface area contributed by atoms with Crippen LogP contribution in [-0.4, -0.2) is 13.4 Å². The molecule has 0 aliphatic rings. The Morgan fingerprint density at radius 1 is 1.35 bits per heavy atom. The summed E-state index contributed by atoms with van der Waals surface area (Å²) in [7, 11) is -3.83. The van der Waals surface area contributed by atoms with E-state index in [1.807, 2.05) is 13.0 Å². The molecule has 0 unspecified atom stereocenters. The molecule has 0 aliphatic heterocycles. The molecular weight excluding hydrogens is 281 g/mol. The van der Waals surface area contributed by atoms with Gasteiger partial charge in [-0.15, -0.1) is 0 Å². The van der Waals surface area contributed by atoms with E-state index in [4.69, 9.17) is 5.73 Å². The normalized spacial score (nSPS) is 11.5. The molecule has 0 atom stereocenters. The predicted octanol–water partition coefficient (Wildman–Crippen LogP) is 1.59. The highest BCUT2D eigenvalue weighted by atomic mass is 32.2. The van der Waals surface area contributed by atoms with Gasteiger partial charge in [0, 0.05) is 11.9 Å². The molecule has 0 saturated heterocycles. The van der Waals surface area contributed by atoms with E-state index in [9.17, 15) is 12.8 Å². The lowest BCUT2D eigenvalue weighted by atomic mass is 10.2. The van der Waals surface area contributed by atoms with Crippen molar-refractivity contribution in [1.29, 1.82) is 0 Å². The second-order valence-electron chi connectivity index (χ2n) is 4.31. The average Bonchev–Trinajstić information content (AvgIpc) is 2.37. The van der Waals surface area contributed by atoms with Crippen LogP contribution in [0.15, 0.2) is 41.4 Å². The topological polar surface area (TPSA) is 85.1 Å². The first-order valence-electron chi connectivity index (χ1n) is 5.85. The molecule has 106 valence electrons. The number of sulfonamides is 1. The van der Waals surface area contributed by atoms with E-state index in [-0.39, 0.29) is 17.1 Å². The van der Waals surface area contributed by atoms with Gasteiger partial charge in [-0.3, -0.25) is 4.98 Å². The maximum absolute atomic E-state index is 13.2. The maximum atomic E-state index is 13.2. The van der Waals surface area contributed by atoms with Crippen molar-refractivity contribution in [3.63, 3.8) is 0 Å². The molecule has 2 aromatic rings. The number of aryl methyl sites for hydroxylation is 1. The number of nitrogen functional groups attached to an aromatic ring is 1. The molecule has 0 spiro atoms. The van der Waals surface area contributed by atoms with E-state index >= 15 is 0 Å². The van der Waals surface area contributed by atoms with Gasteiger partial charge in [-0.1, -0.05) is 6.07 Å². The molecule has 0 aliphatic carbocycles. The van der Waals surface area contributed by atoms with Gasteiger partial charge in [0.05, 0.1) is 17.1 Å². The van der Waals surface area contributed by atoms with Gasteiger partial charge < -0.3 is 5.73 Å². The Balaban J connectivity index is 2.22. The van der Waals surface area contributed by atoms with Crippen molar-refractivity contribution in [2.24, 2.45) is 0 Å². The highest BCUT2D eigenvalue weighted by Crippen LogP contribution is 2.16. The first-order chi connectivity index (χ1) is 9.38. The standard InChI is InChI=1S/C13H14FN3O2S/c1-9-3-2-4-16-13(9)8-17-20(18,19)12-6-10(14)5-11(15)7-12/h2-7,17H,8,15H2,1H3. The number of nitrogens with one attached hydrogen (secondary N) is 1. The lowest BCUT2D eigenvalue weighted by molar-refractivity contribution is 0.576. The Hall–Kier alpha value is -1.99. The second-order valence-corrected chi connectivity index (χ2v) is 6.08. The number of nitrogens with two attached hydrogens (primary N) is 1. The largest absolute Gasteiger partial charge is 0.399 e. The lowest BCUT2D eigenvalue weighted by Crippen LogP contribution is -2.24. The van der Waals surface area contributed by atoms with Crippen LogP contribution in [0.3, 0.4) is 0 Å². The molecule has 0 fully saturated rings. The number of benzene rings is 1. The monoisotopic (exact) mass is 295 g/mol. The highest BCUT2D eigenvalue weighted by molar-refractivity contribution is 7.89. The number of hydrogen-bond donors (Lipinski definition) is 2. The quantitative estimate of drug-likeness (QED) is 0.839. The SMILES string of the molecule is Cc1cccnc1CNS(=O)(=O)c1cc(N)cc(F)c1. The van der Waals surface area contributed by atoms with Crippen molar-refractivity contribution in [3.05, 3.63) is 53.6 Å². The van der Waals surface area contributed by atoms with E-state index in [0.717, 1.165) is 17.7 Å². The van der Waals surface area contributed by atoms with Crippen LogP contribution >= 0.6 is 0 Å². The lowest BCUT2D eigenvalue weighted by Gasteiger charge is -2.08. The number of rotatable bonds is 4. The second kappa shape index (κ2) is 5.56. The van der Waals surface area contributed by atoms with Gasteiger partial charge in [0.15, 0.2) is 0 Å². The van der Waals surface area contributed by atoms with Crippen LogP contribution in [0.5, 0.6) is 0 Å². The fraction of sp³-hybridized carbons (Fsp3) is 0.154. The molecule has 2 rings (SSSR count). The predicted molar refractivity (Wildman–Crippen MR) is 73.8 cm³/mol. The summed E-state index contributed by atoms with van der Waals surface area (Å²) in [5.74, 6) is -0.695. The van der Waals surface area contributed by atoms with E-state index < -0.39 is 15.8 Å². The van der Waals surface area contributed by atoms with Crippen LogP contribution in [-0.2, 0) is 16.6 Å². The Kier molecular flexibility index (Phi) is 4.01. The summed E-state index contributed by atoms with van der Waals surface area (Å²) in [6, 6.07) is 6.78. The molecule has 0 saturated carbocycles. The Morgan fingerprint density at radius 2 is 2.10 bits per heavy atom. The molecule has 1 heterocycles. The summed E-state index contributed by atoms with van der Waals surface area (Å²) in [6.07, 6.45) is 1.58. The molecule has 0 bridgehead atoms. The van der Waals surface area contributed by atoms with Gasteiger partial charge >= 0.3 is 0 Å². The van der Waals surface area contributed by atoms with Crippen LogP contribution in [0, 0.1) is 12.7 Å². The van der Waals surface area contributed by atoms with Gasteiger partial charge in [0.1, 0.15) is 5.82 Å². The third-order valence-electron chi connectivity index (χ3n) is 2.75. The van der Waals surface area contributed by atoms with Gasteiger partial charge in [0.25, 0.3) is 0 Å². The Labute approximate surface area is 116 Å². The molecule has 1 aromatic heterocycles. The molecule has 5 nitrogen and oxygen atoms in total. The molecule has 20 heavy (non-hydrogen) atoms. The highest BCUT2D eigenvalue weighted by Gasteiger charge is 2.16. The summed E-state index contributed by atoms with van der Waals surface area (Å²) < 4.78 is 39.7. The average molecular weight is 295 g/mol. The van der Waals surface area contributed by atoms with Gasteiger partial charge in [-0.2, -0.15) is 0 Å². The summed E-state index contributed by atoms with van der Waals surface area (Å²) in [6.45, 7) is 1.86. The molecule has 1 aromatic carbocycles. The fourth-order valence-electron chi connectivity index (χ4n) is 1.69. The van der Waals surface area contributed by atoms with Gasteiger partial charge in [0.2, 0.25) is 10.0 Å². The van der Waals surface area contributed by atoms with Gasteiger partial charge in [-0.05, 0) is 36.8 Å². The summed E-state index contributed by atoms with van der Waals surface area (Å²) in [5, 5.41) is 0. The van der Waals surface area contributed by atoms with E-state index in [1.165, 1.54) is 6.07 Å². The molecular formula is C13H14FN3O2S. The van der Waals surface area contributed by atoms with E-state index in [1.54, 1.807) is 12.3 Å². The minimum absolute atomic E-state index is 0.0332. The third kappa shape index (κ3) is 3.31. The number of nitrogens with zero attached hydrogens (tertiary/aromatic N) is 1. The van der Waals surface area contributed by atoms with Crippen molar-refractivity contribution in [1.82, 2.24) is 9.71 Å². The number of aromatic nitrogens is 1. The van der Waals surface area contributed by atoms with Gasteiger partial charge in [-0.25, -0.2) is 17.5 Å². The van der Waals surface area contributed by atoms with Crippen molar-refractivity contribution < 1.29 is 12.8 Å². The van der Waals surface area contributed by atoms with Crippen LogP contribution < -0.4 is 10.5 Å². The maximum Gasteiger partial charge on any atom is 0.241 e. The third-order valence-corrected chi connectivity index (χ3v) is 4.13. The van der Waals surface area contributed by atoms with Crippen LogP contribution in [0.25, 0.3) is 0 Å². The van der Waals surface area contributed by atoms with Crippen molar-refractivity contribution >= 4 is 15.7 Å². The first kappa shape index (κ1) is 14.4. The number of pyridine rings is 1. The Bertz CT molecular complexity index is 712. The van der Waals surface area contributed by atoms with Crippen LogP contribution in [0.4, 0.5) is 10.1 Å². The zero-order valence-electron chi connectivity index (χ0n) is 10.8. The molecule has 3 N–H and O–H groups in total. The van der Waals surface area contributed by atoms with Crippen molar-refractivity contribution in [2.45, 2.75) is 18.4 Å². The van der Waals surface area contributed by atoms with Crippen LogP contribution in [0.2, 0.25) is 0 Å². The smallest absolute Gasteiger partial charge is 0.241 e. The van der Waals surface area contributed by atoms with Crippen molar-refractivity contribution in [2.75, 3.05) is 5.73 Å². The van der Waals surface area contributed by atoms with Crippen molar-refractivity contribution in [3.8, 4) is 0 Å². The Morgan fingerprint density at radius 3 is 2.75 bits per heavy atom.